The minimum absolute atomic E-state index is 0.0663. The molecule has 0 aromatic heterocycles. The molecule has 25 heavy (non-hydrogen) atoms. The van der Waals surface area contributed by atoms with E-state index in [1.165, 1.54) is 6.42 Å². The van der Waals surface area contributed by atoms with E-state index in [2.05, 4.69) is 6.92 Å². The highest BCUT2D eigenvalue weighted by Gasteiger charge is 2.23. The molecule has 4 nitrogen and oxygen atoms in total. The molecule has 3 rings (SSSR count). The highest BCUT2D eigenvalue weighted by atomic mass is 16.5. The first-order valence-electron chi connectivity index (χ1n) is 8.91. The van der Waals surface area contributed by atoms with E-state index in [1.54, 1.807) is 0 Å². The smallest absolute Gasteiger partial charge is 0.260 e. The van der Waals surface area contributed by atoms with Gasteiger partial charge in [0.1, 0.15) is 18.1 Å². The molecule has 0 aliphatic carbocycles. The van der Waals surface area contributed by atoms with E-state index in [-0.39, 0.29) is 12.5 Å². The molecule has 0 bridgehead atoms. The number of rotatable bonds is 6. The Bertz CT molecular complexity index is 669. The third-order valence-corrected chi connectivity index (χ3v) is 4.56. The van der Waals surface area contributed by atoms with Gasteiger partial charge in [0, 0.05) is 12.6 Å². The molecule has 1 heterocycles. The van der Waals surface area contributed by atoms with Crippen molar-refractivity contribution in [2.24, 2.45) is 0 Å². The predicted octanol–water partition coefficient (Wildman–Crippen LogP) is 4.05. The summed E-state index contributed by atoms with van der Waals surface area (Å²) in [4.78, 5) is 14.2. The maximum Gasteiger partial charge on any atom is 0.260 e. The van der Waals surface area contributed by atoms with Gasteiger partial charge in [0.05, 0.1) is 0 Å². The number of amides is 1. The van der Waals surface area contributed by atoms with E-state index >= 15 is 0 Å². The number of benzene rings is 2. The average molecular weight is 339 g/mol. The summed E-state index contributed by atoms with van der Waals surface area (Å²) < 4.78 is 11.4. The molecular formula is C21H25NO3. The van der Waals surface area contributed by atoms with Crippen molar-refractivity contribution >= 4 is 5.91 Å². The summed E-state index contributed by atoms with van der Waals surface area (Å²) in [5.74, 6) is 1.54. The third-order valence-electron chi connectivity index (χ3n) is 4.56. The van der Waals surface area contributed by atoms with Crippen LogP contribution in [-0.4, -0.2) is 30.0 Å². The Labute approximate surface area is 149 Å². The van der Waals surface area contributed by atoms with E-state index in [4.69, 9.17) is 9.47 Å². The fourth-order valence-corrected chi connectivity index (χ4v) is 3.07. The zero-order chi connectivity index (χ0) is 17.5. The number of carbonyl (C=O) groups is 1. The second-order valence-electron chi connectivity index (χ2n) is 6.47. The van der Waals surface area contributed by atoms with Gasteiger partial charge in [-0.3, -0.25) is 4.79 Å². The maximum absolute atomic E-state index is 12.3. The summed E-state index contributed by atoms with van der Waals surface area (Å²) in [5.41, 5.74) is 1.13. The Hall–Kier alpha value is -2.49. The van der Waals surface area contributed by atoms with E-state index in [9.17, 15) is 4.79 Å². The quantitative estimate of drug-likeness (QED) is 0.797. The number of ether oxygens (including phenoxy) is 2. The number of hydrogen-bond acceptors (Lipinski definition) is 3. The third kappa shape index (κ3) is 4.99. The molecule has 1 aliphatic rings. The minimum Gasteiger partial charge on any atom is -0.489 e. The van der Waals surface area contributed by atoms with Gasteiger partial charge in [0.25, 0.3) is 5.91 Å². The first kappa shape index (κ1) is 17.3. The molecule has 1 amide bonds. The molecule has 1 fully saturated rings. The van der Waals surface area contributed by atoms with Gasteiger partial charge in [0.2, 0.25) is 0 Å². The second-order valence-corrected chi connectivity index (χ2v) is 6.47. The molecule has 4 heteroatoms. The number of nitrogens with zero attached hydrogens (tertiary/aromatic N) is 1. The van der Waals surface area contributed by atoms with Crippen LogP contribution in [0.4, 0.5) is 0 Å². The number of piperidine rings is 1. The zero-order valence-electron chi connectivity index (χ0n) is 14.7. The van der Waals surface area contributed by atoms with Crippen LogP contribution in [0.15, 0.2) is 54.6 Å². The standard InChI is InChI=1S/C21H25NO3/c1-17-7-5-6-14-22(17)21(23)16-25-20-12-10-19(11-13-20)24-15-18-8-3-2-4-9-18/h2-4,8-13,17H,5-7,14-16H2,1H3. The van der Waals surface area contributed by atoms with Crippen LogP contribution in [0, 0.1) is 0 Å². The van der Waals surface area contributed by atoms with Gasteiger partial charge in [-0.2, -0.15) is 0 Å². The maximum atomic E-state index is 12.3. The lowest BCUT2D eigenvalue weighted by Crippen LogP contribution is -2.44. The van der Waals surface area contributed by atoms with Crippen molar-refractivity contribution in [2.45, 2.75) is 38.8 Å². The molecule has 2 aromatic carbocycles. The lowest BCUT2D eigenvalue weighted by atomic mass is 10.0. The van der Waals surface area contributed by atoms with Crippen molar-refractivity contribution in [1.82, 2.24) is 4.90 Å². The summed E-state index contributed by atoms with van der Waals surface area (Å²) in [7, 11) is 0. The Morgan fingerprint density at radius 3 is 2.36 bits per heavy atom. The van der Waals surface area contributed by atoms with Gasteiger partial charge >= 0.3 is 0 Å². The van der Waals surface area contributed by atoms with Crippen molar-refractivity contribution in [3.63, 3.8) is 0 Å². The van der Waals surface area contributed by atoms with Gasteiger partial charge < -0.3 is 14.4 Å². The van der Waals surface area contributed by atoms with Crippen molar-refractivity contribution in [1.29, 1.82) is 0 Å². The van der Waals surface area contributed by atoms with E-state index in [0.29, 0.717) is 18.4 Å². The molecule has 132 valence electrons. The molecule has 0 saturated carbocycles. The summed E-state index contributed by atoms with van der Waals surface area (Å²) in [5, 5.41) is 0. The fourth-order valence-electron chi connectivity index (χ4n) is 3.07. The molecule has 0 spiro atoms. The van der Waals surface area contributed by atoms with Gasteiger partial charge in [-0.25, -0.2) is 0 Å². The first-order chi connectivity index (χ1) is 12.2. The number of hydrogen-bond donors (Lipinski definition) is 0. The summed E-state index contributed by atoms with van der Waals surface area (Å²) in [6.07, 6.45) is 3.37. The molecule has 1 saturated heterocycles. The molecular weight excluding hydrogens is 314 g/mol. The van der Waals surface area contributed by atoms with Crippen LogP contribution < -0.4 is 9.47 Å². The SMILES string of the molecule is CC1CCCCN1C(=O)COc1ccc(OCc2ccccc2)cc1. The Kier molecular flexibility index (Phi) is 5.94. The van der Waals surface area contributed by atoms with Gasteiger partial charge in [-0.1, -0.05) is 30.3 Å². The summed E-state index contributed by atoms with van der Waals surface area (Å²) in [6, 6.07) is 17.8. The van der Waals surface area contributed by atoms with Crippen LogP contribution in [0.1, 0.15) is 31.7 Å². The van der Waals surface area contributed by atoms with Crippen LogP contribution in [0.25, 0.3) is 0 Å². The van der Waals surface area contributed by atoms with Crippen molar-refractivity contribution in [3.8, 4) is 11.5 Å². The predicted molar refractivity (Wildman–Crippen MR) is 97.7 cm³/mol. The lowest BCUT2D eigenvalue weighted by Gasteiger charge is -2.33. The van der Waals surface area contributed by atoms with Crippen LogP contribution in [-0.2, 0) is 11.4 Å². The van der Waals surface area contributed by atoms with E-state index in [0.717, 1.165) is 30.7 Å². The monoisotopic (exact) mass is 339 g/mol. The minimum atomic E-state index is 0.0663. The van der Waals surface area contributed by atoms with Gasteiger partial charge in [-0.15, -0.1) is 0 Å². The normalized spacial score (nSPS) is 17.2. The average Bonchev–Trinajstić information content (AvgIpc) is 2.66. The lowest BCUT2D eigenvalue weighted by molar-refractivity contribution is -0.136. The van der Waals surface area contributed by atoms with E-state index in [1.807, 2.05) is 59.5 Å². The molecule has 1 aliphatic heterocycles. The van der Waals surface area contributed by atoms with Crippen LogP contribution in [0.5, 0.6) is 11.5 Å². The topological polar surface area (TPSA) is 38.8 Å². The van der Waals surface area contributed by atoms with Crippen LogP contribution in [0.2, 0.25) is 0 Å². The van der Waals surface area contributed by atoms with Crippen molar-refractivity contribution in [2.75, 3.05) is 13.2 Å². The van der Waals surface area contributed by atoms with Crippen LogP contribution >= 0.6 is 0 Å². The fraction of sp³-hybridized carbons (Fsp3) is 0.381. The highest BCUT2D eigenvalue weighted by Crippen LogP contribution is 2.20. The Morgan fingerprint density at radius 1 is 1.00 bits per heavy atom. The Morgan fingerprint density at radius 2 is 1.68 bits per heavy atom. The van der Waals surface area contributed by atoms with Crippen molar-refractivity contribution < 1.29 is 14.3 Å². The highest BCUT2D eigenvalue weighted by molar-refractivity contribution is 5.78. The largest absolute Gasteiger partial charge is 0.489 e. The van der Waals surface area contributed by atoms with Gasteiger partial charge in [-0.05, 0) is 56.0 Å². The van der Waals surface area contributed by atoms with Crippen LogP contribution in [0.3, 0.4) is 0 Å². The Balaban J connectivity index is 1.46. The zero-order valence-corrected chi connectivity index (χ0v) is 14.7. The molecule has 1 unspecified atom stereocenters. The van der Waals surface area contributed by atoms with Crippen molar-refractivity contribution in [3.05, 3.63) is 60.2 Å². The second kappa shape index (κ2) is 8.56. The molecule has 2 aromatic rings. The summed E-state index contributed by atoms with van der Waals surface area (Å²) in [6.45, 7) is 3.58. The molecule has 1 atom stereocenters. The first-order valence-corrected chi connectivity index (χ1v) is 8.91. The summed E-state index contributed by atoms with van der Waals surface area (Å²) >= 11 is 0. The van der Waals surface area contributed by atoms with Gasteiger partial charge in [0.15, 0.2) is 6.61 Å². The number of likely N-dealkylation sites (tertiary alicyclic amines) is 1. The van der Waals surface area contributed by atoms with E-state index < -0.39 is 0 Å². The molecule has 0 N–H and O–H groups in total. The molecule has 0 radical (unpaired) electrons. The number of carbonyl (C=O) groups excluding carboxylic acids is 1.